The number of esters is 1. The molecule has 0 aromatic rings. The van der Waals surface area contributed by atoms with Crippen LogP contribution in [0.25, 0.3) is 0 Å². The molecule has 0 heterocycles. The molecular formula is C14H27NO3. The van der Waals surface area contributed by atoms with E-state index in [9.17, 15) is 4.79 Å². The molecule has 0 amide bonds. The molecule has 0 bridgehead atoms. The number of methoxy groups -OCH3 is 1. The lowest BCUT2D eigenvalue weighted by Crippen LogP contribution is -2.55. The summed E-state index contributed by atoms with van der Waals surface area (Å²) in [5.74, 6) is 0.468. The van der Waals surface area contributed by atoms with Crippen molar-refractivity contribution in [2.45, 2.75) is 45.6 Å². The molecule has 0 N–H and O–H groups in total. The second-order valence-electron chi connectivity index (χ2n) is 4.96. The first kappa shape index (κ1) is 15.4. The summed E-state index contributed by atoms with van der Waals surface area (Å²) < 4.78 is 10.6. The van der Waals surface area contributed by atoms with E-state index >= 15 is 0 Å². The van der Waals surface area contributed by atoms with Gasteiger partial charge >= 0.3 is 5.97 Å². The Morgan fingerprint density at radius 2 is 1.89 bits per heavy atom. The van der Waals surface area contributed by atoms with E-state index in [-0.39, 0.29) is 11.5 Å². The molecule has 0 aromatic carbocycles. The number of nitrogens with zero attached hydrogens (tertiary/aromatic N) is 1. The number of ether oxygens (including phenoxy) is 2. The minimum Gasteiger partial charge on any atom is -0.466 e. The van der Waals surface area contributed by atoms with Gasteiger partial charge in [0.2, 0.25) is 0 Å². The largest absolute Gasteiger partial charge is 0.466 e. The van der Waals surface area contributed by atoms with Crippen LogP contribution in [0.1, 0.15) is 40.0 Å². The number of carbonyl (C=O) groups is 1. The number of hydrogen-bond acceptors (Lipinski definition) is 4. The molecule has 1 rings (SSSR count). The van der Waals surface area contributed by atoms with E-state index in [2.05, 4.69) is 18.7 Å². The summed E-state index contributed by atoms with van der Waals surface area (Å²) >= 11 is 0. The fourth-order valence-corrected chi connectivity index (χ4v) is 2.96. The van der Waals surface area contributed by atoms with Gasteiger partial charge < -0.3 is 9.47 Å². The maximum Gasteiger partial charge on any atom is 0.307 e. The third kappa shape index (κ3) is 3.45. The lowest BCUT2D eigenvalue weighted by Gasteiger charge is -2.42. The Labute approximate surface area is 111 Å². The summed E-state index contributed by atoms with van der Waals surface area (Å²) in [5.41, 5.74) is -0.162. The zero-order chi connectivity index (χ0) is 13.6. The molecule has 1 atom stereocenters. The lowest BCUT2D eigenvalue weighted by molar-refractivity contribution is -0.148. The molecule has 0 saturated heterocycles. The third-order valence-corrected chi connectivity index (χ3v) is 3.88. The zero-order valence-electron chi connectivity index (χ0n) is 12.2. The standard InChI is InChI=1S/C14H27NO3/c1-5-15(6-2)14(11-17-4,12-8-9-12)10-13(16)18-7-3/h12H,5-11H2,1-4H3. The average molecular weight is 257 g/mol. The molecule has 1 aliphatic carbocycles. The zero-order valence-corrected chi connectivity index (χ0v) is 12.2. The van der Waals surface area contributed by atoms with Gasteiger partial charge in [0.05, 0.1) is 25.2 Å². The number of rotatable bonds is 9. The van der Waals surface area contributed by atoms with E-state index in [4.69, 9.17) is 9.47 Å². The second-order valence-corrected chi connectivity index (χ2v) is 4.96. The molecule has 1 aliphatic rings. The summed E-state index contributed by atoms with van der Waals surface area (Å²) in [5, 5.41) is 0. The lowest BCUT2D eigenvalue weighted by atomic mass is 9.87. The molecule has 4 nitrogen and oxygen atoms in total. The predicted octanol–water partition coefficient (Wildman–Crippen LogP) is 2.08. The summed E-state index contributed by atoms with van der Waals surface area (Å²) in [4.78, 5) is 14.3. The van der Waals surface area contributed by atoms with Gasteiger partial charge in [-0.15, -0.1) is 0 Å². The average Bonchev–Trinajstić information content (AvgIpc) is 3.14. The highest BCUT2D eigenvalue weighted by Crippen LogP contribution is 2.45. The van der Waals surface area contributed by atoms with Gasteiger partial charge in [0.25, 0.3) is 0 Å². The quantitative estimate of drug-likeness (QED) is 0.593. The molecule has 106 valence electrons. The van der Waals surface area contributed by atoms with Gasteiger partial charge in [-0.05, 0) is 38.8 Å². The topological polar surface area (TPSA) is 38.8 Å². The highest BCUT2D eigenvalue weighted by molar-refractivity contribution is 5.71. The molecule has 18 heavy (non-hydrogen) atoms. The Bertz CT molecular complexity index is 262. The number of likely N-dealkylation sites (N-methyl/N-ethyl adjacent to an activating group) is 1. The third-order valence-electron chi connectivity index (χ3n) is 3.88. The van der Waals surface area contributed by atoms with E-state index < -0.39 is 0 Å². The molecule has 4 heteroatoms. The van der Waals surface area contributed by atoms with Crippen LogP contribution in [0.2, 0.25) is 0 Å². The smallest absolute Gasteiger partial charge is 0.307 e. The highest BCUT2D eigenvalue weighted by Gasteiger charge is 2.50. The van der Waals surface area contributed by atoms with Gasteiger partial charge in [0, 0.05) is 7.11 Å². The van der Waals surface area contributed by atoms with Crippen LogP contribution in [-0.4, -0.2) is 49.8 Å². The van der Waals surface area contributed by atoms with Crippen LogP contribution in [0.4, 0.5) is 0 Å². The van der Waals surface area contributed by atoms with Crippen LogP contribution >= 0.6 is 0 Å². The van der Waals surface area contributed by atoms with Crippen molar-refractivity contribution in [2.24, 2.45) is 5.92 Å². The van der Waals surface area contributed by atoms with Gasteiger partial charge in [-0.3, -0.25) is 9.69 Å². The first-order valence-electron chi connectivity index (χ1n) is 7.04. The van der Waals surface area contributed by atoms with Gasteiger partial charge in [-0.1, -0.05) is 13.8 Å². The van der Waals surface area contributed by atoms with E-state index in [1.807, 2.05) is 6.92 Å². The molecule has 1 fully saturated rings. The van der Waals surface area contributed by atoms with Gasteiger partial charge in [-0.25, -0.2) is 0 Å². The van der Waals surface area contributed by atoms with Crippen molar-refractivity contribution in [1.82, 2.24) is 4.90 Å². The minimum absolute atomic E-state index is 0.103. The van der Waals surface area contributed by atoms with Crippen LogP contribution in [0.5, 0.6) is 0 Å². The van der Waals surface area contributed by atoms with E-state index in [0.29, 0.717) is 25.6 Å². The van der Waals surface area contributed by atoms with Crippen LogP contribution in [0.3, 0.4) is 0 Å². The molecule has 0 spiro atoms. The van der Waals surface area contributed by atoms with Crippen LogP contribution < -0.4 is 0 Å². The summed E-state index contributed by atoms with van der Waals surface area (Å²) in [7, 11) is 1.71. The predicted molar refractivity (Wildman–Crippen MR) is 71.5 cm³/mol. The molecule has 0 aromatic heterocycles. The first-order chi connectivity index (χ1) is 8.64. The fourth-order valence-electron chi connectivity index (χ4n) is 2.96. The Morgan fingerprint density at radius 1 is 1.28 bits per heavy atom. The van der Waals surface area contributed by atoms with Crippen molar-refractivity contribution < 1.29 is 14.3 Å². The first-order valence-corrected chi connectivity index (χ1v) is 7.04. The summed E-state index contributed by atoms with van der Waals surface area (Å²) in [6, 6.07) is 0. The highest BCUT2D eigenvalue weighted by atomic mass is 16.5. The van der Waals surface area contributed by atoms with E-state index in [0.717, 1.165) is 13.1 Å². The van der Waals surface area contributed by atoms with Crippen molar-refractivity contribution in [3.05, 3.63) is 0 Å². The van der Waals surface area contributed by atoms with Crippen molar-refractivity contribution in [3.63, 3.8) is 0 Å². The molecule has 1 saturated carbocycles. The number of carbonyl (C=O) groups excluding carboxylic acids is 1. The normalized spacial score (nSPS) is 18.7. The van der Waals surface area contributed by atoms with Crippen molar-refractivity contribution in [3.8, 4) is 0 Å². The Morgan fingerprint density at radius 3 is 2.28 bits per heavy atom. The van der Waals surface area contributed by atoms with E-state index in [1.165, 1.54) is 12.8 Å². The van der Waals surface area contributed by atoms with Crippen LogP contribution in [-0.2, 0) is 14.3 Å². The van der Waals surface area contributed by atoms with Crippen LogP contribution in [0.15, 0.2) is 0 Å². The maximum atomic E-state index is 11.9. The Kier molecular flexibility index (Phi) is 6.09. The minimum atomic E-state index is -0.162. The molecular weight excluding hydrogens is 230 g/mol. The van der Waals surface area contributed by atoms with Crippen molar-refractivity contribution in [2.75, 3.05) is 33.4 Å². The molecule has 1 unspecified atom stereocenters. The van der Waals surface area contributed by atoms with Crippen molar-refractivity contribution >= 4 is 5.97 Å². The monoisotopic (exact) mass is 257 g/mol. The maximum absolute atomic E-state index is 11.9. The number of hydrogen-bond donors (Lipinski definition) is 0. The second kappa shape index (κ2) is 7.10. The molecule has 0 aliphatic heterocycles. The van der Waals surface area contributed by atoms with Gasteiger partial charge in [-0.2, -0.15) is 0 Å². The van der Waals surface area contributed by atoms with Gasteiger partial charge in [0.15, 0.2) is 0 Å². The van der Waals surface area contributed by atoms with Crippen molar-refractivity contribution in [1.29, 1.82) is 0 Å². The summed E-state index contributed by atoms with van der Waals surface area (Å²) in [6.07, 6.45) is 2.83. The SMILES string of the molecule is CCOC(=O)CC(COC)(C1CC1)N(CC)CC. The van der Waals surface area contributed by atoms with Crippen LogP contribution in [0, 0.1) is 5.92 Å². The fraction of sp³-hybridized carbons (Fsp3) is 0.929. The Balaban J connectivity index is 2.85. The van der Waals surface area contributed by atoms with E-state index in [1.54, 1.807) is 7.11 Å². The Hall–Kier alpha value is -0.610. The summed E-state index contributed by atoms with van der Waals surface area (Å²) in [6.45, 7) is 9.07. The van der Waals surface area contributed by atoms with Gasteiger partial charge in [0.1, 0.15) is 0 Å². The molecule has 0 radical (unpaired) electrons.